The molecular formula is C13H21N5O2. The summed E-state index contributed by atoms with van der Waals surface area (Å²) in [6, 6.07) is 0. The first-order valence-corrected chi connectivity index (χ1v) is 6.76. The van der Waals surface area contributed by atoms with Gasteiger partial charge in [0.2, 0.25) is 11.8 Å². The van der Waals surface area contributed by atoms with E-state index >= 15 is 0 Å². The van der Waals surface area contributed by atoms with Crippen LogP contribution in [-0.2, 0) is 4.79 Å². The van der Waals surface area contributed by atoms with Crippen LogP contribution in [0.4, 0.5) is 11.5 Å². The van der Waals surface area contributed by atoms with E-state index in [0.29, 0.717) is 43.6 Å². The van der Waals surface area contributed by atoms with Crippen LogP contribution < -0.4 is 15.4 Å². The first-order valence-electron chi connectivity index (χ1n) is 6.76. The van der Waals surface area contributed by atoms with Crippen LogP contribution in [0.2, 0.25) is 0 Å². The molecule has 2 N–H and O–H groups in total. The maximum Gasteiger partial charge on any atom is 0.242 e. The molecule has 0 aromatic carbocycles. The summed E-state index contributed by atoms with van der Waals surface area (Å²) < 4.78 is 5.57. The lowest BCUT2D eigenvalue weighted by atomic mass is 10.3. The van der Waals surface area contributed by atoms with Crippen molar-refractivity contribution in [1.82, 2.24) is 14.9 Å². The maximum absolute atomic E-state index is 11.3. The molecule has 7 heteroatoms. The molecule has 1 fully saturated rings. The Kier molecular flexibility index (Phi) is 4.26. The summed E-state index contributed by atoms with van der Waals surface area (Å²) in [5.74, 6) is 1.20. The molecular weight excluding hydrogens is 258 g/mol. The van der Waals surface area contributed by atoms with E-state index in [2.05, 4.69) is 14.9 Å². The Hall–Kier alpha value is -2.05. The van der Waals surface area contributed by atoms with Gasteiger partial charge in [0, 0.05) is 33.1 Å². The summed E-state index contributed by atoms with van der Waals surface area (Å²) in [5, 5.41) is 0. The van der Waals surface area contributed by atoms with E-state index in [1.807, 2.05) is 18.7 Å². The average molecular weight is 279 g/mol. The van der Waals surface area contributed by atoms with Gasteiger partial charge >= 0.3 is 0 Å². The smallest absolute Gasteiger partial charge is 0.242 e. The van der Waals surface area contributed by atoms with Crippen molar-refractivity contribution >= 4 is 17.4 Å². The van der Waals surface area contributed by atoms with Crippen molar-refractivity contribution in [3.05, 3.63) is 6.33 Å². The van der Waals surface area contributed by atoms with Crippen molar-refractivity contribution in [2.24, 2.45) is 0 Å². The van der Waals surface area contributed by atoms with E-state index < -0.39 is 0 Å². The van der Waals surface area contributed by atoms with Crippen LogP contribution >= 0.6 is 0 Å². The number of amides is 1. The Morgan fingerprint density at radius 1 is 1.30 bits per heavy atom. The molecule has 2 heterocycles. The van der Waals surface area contributed by atoms with Crippen molar-refractivity contribution in [1.29, 1.82) is 0 Å². The molecule has 1 aromatic rings. The maximum atomic E-state index is 11.3. The van der Waals surface area contributed by atoms with Gasteiger partial charge in [-0.25, -0.2) is 4.98 Å². The van der Waals surface area contributed by atoms with Gasteiger partial charge in [0.15, 0.2) is 5.82 Å². The Balaban J connectivity index is 2.12. The summed E-state index contributed by atoms with van der Waals surface area (Å²) in [6.07, 6.45) is 1.47. The molecule has 0 aliphatic carbocycles. The molecule has 0 spiro atoms. The number of nitrogen functional groups attached to an aromatic ring is 1. The minimum Gasteiger partial charge on any atom is -0.473 e. The molecule has 7 nitrogen and oxygen atoms in total. The monoisotopic (exact) mass is 279 g/mol. The number of piperazine rings is 1. The van der Waals surface area contributed by atoms with Crippen LogP contribution in [0.15, 0.2) is 6.33 Å². The van der Waals surface area contributed by atoms with Gasteiger partial charge in [-0.2, -0.15) is 4.98 Å². The molecule has 1 amide bonds. The van der Waals surface area contributed by atoms with Crippen molar-refractivity contribution < 1.29 is 9.53 Å². The van der Waals surface area contributed by atoms with Crippen LogP contribution in [-0.4, -0.2) is 53.1 Å². The first-order chi connectivity index (χ1) is 9.49. The van der Waals surface area contributed by atoms with Gasteiger partial charge in [-0.05, 0) is 13.8 Å². The SMILES string of the molecule is CC(=O)N1CCN(c2ncnc(OC(C)C)c2N)CC1. The number of anilines is 2. The van der Waals surface area contributed by atoms with Crippen molar-refractivity contribution in [3.63, 3.8) is 0 Å². The minimum absolute atomic E-state index is 0.00890. The Morgan fingerprint density at radius 3 is 2.50 bits per heavy atom. The van der Waals surface area contributed by atoms with Gasteiger partial charge in [-0.3, -0.25) is 4.79 Å². The highest BCUT2D eigenvalue weighted by Gasteiger charge is 2.22. The van der Waals surface area contributed by atoms with E-state index in [1.54, 1.807) is 6.92 Å². The van der Waals surface area contributed by atoms with Crippen LogP contribution in [0, 0.1) is 0 Å². The summed E-state index contributed by atoms with van der Waals surface area (Å²) in [7, 11) is 0. The summed E-state index contributed by atoms with van der Waals surface area (Å²) in [4.78, 5) is 23.5. The zero-order valence-electron chi connectivity index (χ0n) is 12.2. The van der Waals surface area contributed by atoms with E-state index in [0.717, 1.165) is 0 Å². The summed E-state index contributed by atoms with van der Waals surface area (Å²) in [5.41, 5.74) is 6.54. The standard InChI is InChI=1S/C13H21N5O2/c1-9(2)20-13-11(14)12(15-8-16-13)18-6-4-17(5-7-18)10(3)19/h8-9H,4-7,14H2,1-3H3. The fourth-order valence-corrected chi connectivity index (χ4v) is 2.17. The number of hydrogen-bond donors (Lipinski definition) is 1. The van der Waals surface area contributed by atoms with Gasteiger partial charge in [0.25, 0.3) is 0 Å². The van der Waals surface area contributed by atoms with Gasteiger partial charge < -0.3 is 20.3 Å². The number of hydrogen-bond acceptors (Lipinski definition) is 6. The first kappa shape index (κ1) is 14.4. The number of carbonyl (C=O) groups is 1. The second-order valence-electron chi connectivity index (χ2n) is 5.08. The molecule has 0 atom stereocenters. The highest BCUT2D eigenvalue weighted by Crippen LogP contribution is 2.29. The number of nitrogens with two attached hydrogens (primary N) is 1. The molecule has 1 aromatic heterocycles. The van der Waals surface area contributed by atoms with E-state index in [4.69, 9.17) is 10.5 Å². The van der Waals surface area contributed by atoms with Crippen LogP contribution in [0.1, 0.15) is 20.8 Å². The molecule has 0 bridgehead atoms. The third-order valence-electron chi connectivity index (χ3n) is 3.20. The van der Waals surface area contributed by atoms with E-state index in [1.165, 1.54) is 6.33 Å². The largest absolute Gasteiger partial charge is 0.473 e. The zero-order valence-corrected chi connectivity index (χ0v) is 12.2. The third-order valence-corrected chi connectivity index (χ3v) is 3.20. The number of ether oxygens (including phenoxy) is 1. The molecule has 2 rings (SSSR count). The molecule has 0 unspecified atom stereocenters. The second kappa shape index (κ2) is 5.94. The molecule has 1 aliphatic rings. The van der Waals surface area contributed by atoms with Crippen molar-refractivity contribution in [2.75, 3.05) is 36.8 Å². The molecule has 110 valence electrons. The lowest BCUT2D eigenvalue weighted by Gasteiger charge is -2.35. The molecule has 0 saturated carbocycles. The Bertz CT molecular complexity index is 484. The van der Waals surface area contributed by atoms with Gasteiger partial charge in [0.05, 0.1) is 6.10 Å². The summed E-state index contributed by atoms with van der Waals surface area (Å²) in [6.45, 7) is 8.21. The van der Waals surface area contributed by atoms with Crippen molar-refractivity contribution in [3.8, 4) is 5.88 Å². The van der Waals surface area contributed by atoms with Crippen molar-refractivity contribution in [2.45, 2.75) is 26.9 Å². The topological polar surface area (TPSA) is 84.6 Å². The van der Waals surface area contributed by atoms with E-state index in [-0.39, 0.29) is 12.0 Å². The normalized spacial score (nSPS) is 15.6. The predicted molar refractivity (Wildman–Crippen MR) is 76.7 cm³/mol. The lowest BCUT2D eigenvalue weighted by Crippen LogP contribution is -2.48. The minimum atomic E-state index is 0.00890. The van der Waals surface area contributed by atoms with Crippen LogP contribution in [0.25, 0.3) is 0 Å². The number of aromatic nitrogens is 2. The fourth-order valence-electron chi connectivity index (χ4n) is 2.17. The van der Waals surface area contributed by atoms with E-state index in [9.17, 15) is 4.79 Å². The van der Waals surface area contributed by atoms with Crippen LogP contribution in [0.3, 0.4) is 0 Å². The van der Waals surface area contributed by atoms with Crippen LogP contribution in [0.5, 0.6) is 5.88 Å². The van der Waals surface area contributed by atoms with Gasteiger partial charge in [0.1, 0.15) is 12.0 Å². The van der Waals surface area contributed by atoms with Gasteiger partial charge in [-0.15, -0.1) is 0 Å². The predicted octanol–water partition coefficient (Wildman–Crippen LogP) is 0.514. The number of carbonyl (C=O) groups excluding carboxylic acids is 1. The third kappa shape index (κ3) is 3.09. The fraction of sp³-hybridized carbons (Fsp3) is 0.615. The Morgan fingerprint density at radius 2 is 1.95 bits per heavy atom. The lowest BCUT2D eigenvalue weighted by molar-refractivity contribution is -0.129. The molecule has 1 saturated heterocycles. The molecule has 0 radical (unpaired) electrons. The zero-order chi connectivity index (χ0) is 14.7. The average Bonchev–Trinajstić information content (AvgIpc) is 2.41. The second-order valence-corrected chi connectivity index (χ2v) is 5.08. The molecule has 20 heavy (non-hydrogen) atoms. The van der Waals surface area contributed by atoms with Gasteiger partial charge in [-0.1, -0.05) is 0 Å². The number of rotatable bonds is 3. The highest BCUT2D eigenvalue weighted by molar-refractivity contribution is 5.74. The highest BCUT2D eigenvalue weighted by atomic mass is 16.5. The quantitative estimate of drug-likeness (QED) is 0.868. The number of nitrogens with zero attached hydrogens (tertiary/aromatic N) is 4. The Labute approximate surface area is 118 Å². The summed E-state index contributed by atoms with van der Waals surface area (Å²) >= 11 is 0. The molecule has 1 aliphatic heterocycles.